The molecule has 1 aliphatic heterocycles. The molecule has 10 atom stereocenters. The van der Waals surface area contributed by atoms with E-state index in [1.54, 1.807) is 0 Å². The Morgan fingerprint density at radius 3 is 2.10 bits per heavy atom. The molecule has 0 aromatic carbocycles. The molecule has 2 bridgehead atoms. The van der Waals surface area contributed by atoms with Crippen molar-refractivity contribution < 1.29 is 25.2 Å². The minimum atomic E-state index is -1.41. The fourth-order valence-electron chi connectivity index (χ4n) is 7.46. The first-order valence-electron chi connectivity index (χ1n) is 12.3. The molecular formula is C25H46O5. The first-order valence-corrected chi connectivity index (χ1v) is 12.3. The van der Waals surface area contributed by atoms with Crippen LogP contribution in [0.1, 0.15) is 86.0 Å². The van der Waals surface area contributed by atoms with E-state index in [2.05, 4.69) is 39.4 Å². The van der Waals surface area contributed by atoms with Crippen molar-refractivity contribution in [3.05, 3.63) is 0 Å². The standard InChI is InChI=1S/C20H36.C5H10O5/c1-14-7-6-11-20(5)12-10-17-15(2)8-9-16(13-18(14)20)19(17,3)4;6-2-1-10-5(9)4(8)3(2)7/h14-18H,6-13H2,1-5H3;2-9H,1H2/t14-,15-,16+,17+,18-,20+;2-,3+,4-,5?/m11/s1. The smallest absolute Gasteiger partial charge is 0.183 e. The lowest BCUT2D eigenvalue weighted by Gasteiger charge is -2.57. The molecule has 0 aromatic rings. The molecule has 4 fully saturated rings. The predicted octanol–water partition coefficient (Wildman–Crippen LogP) is 3.72. The fraction of sp³-hybridized carbons (Fsp3) is 1.00. The summed E-state index contributed by atoms with van der Waals surface area (Å²) in [5.74, 6) is 4.92. The minimum Gasteiger partial charge on any atom is -0.388 e. The van der Waals surface area contributed by atoms with Gasteiger partial charge in [-0.05, 0) is 72.5 Å². The van der Waals surface area contributed by atoms with Crippen molar-refractivity contribution in [2.24, 2.45) is 40.4 Å². The summed E-state index contributed by atoms with van der Waals surface area (Å²) in [4.78, 5) is 0. The van der Waals surface area contributed by atoms with Gasteiger partial charge in [-0.1, -0.05) is 53.9 Å². The summed E-state index contributed by atoms with van der Waals surface area (Å²) in [5, 5.41) is 35.3. The predicted molar refractivity (Wildman–Crippen MR) is 118 cm³/mol. The molecule has 3 saturated carbocycles. The molecule has 0 aromatic heterocycles. The number of hydrogen-bond donors (Lipinski definition) is 4. The van der Waals surface area contributed by atoms with Crippen LogP contribution in [0.5, 0.6) is 0 Å². The lowest BCUT2D eigenvalue weighted by molar-refractivity contribution is -0.252. The van der Waals surface area contributed by atoms with Gasteiger partial charge in [-0.3, -0.25) is 0 Å². The third kappa shape index (κ3) is 4.76. The van der Waals surface area contributed by atoms with Gasteiger partial charge in [-0.2, -0.15) is 0 Å². The Morgan fingerprint density at radius 1 is 0.767 bits per heavy atom. The second-order valence-electron chi connectivity index (χ2n) is 11.9. The zero-order chi connectivity index (χ0) is 22.3. The minimum absolute atomic E-state index is 0.153. The number of aliphatic hydroxyl groups excluding tert-OH is 4. The van der Waals surface area contributed by atoms with Gasteiger partial charge in [0.1, 0.15) is 18.3 Å². The van der Waals surface area contributed by atoms with Crippen molar-refractivity contribution in [1.29, 1.82) is 0 Å². The molecule has 0 radical (unpaired) electrons. The van der Waals surface area contributed by atoms with E-state index < -0.39 is 24.6 Å². The Bertz CT molecular complexity index is 552. The summed E-state index contributed by atoms with van der Waals surface area (Å²) in [6.45, 7) is 12.8. The first-order chi connectivity index (χ1) is 14.0. The van der Waals surface area contributed by atoms with Crippen molar-refractivity contribution in [3.8, 4) is 0 Å². The zero-order valence-corrected chi connectivity index (χ0v) is 19.8. The van der Waals surface area contributed by atoms with Gasteiger partial charge in [0.05, 0.1) is 6.61 Å². The number of hydrogen-bond acceptors (Lipinski definition) is 5. The molecule has 4 rings (SSSR count). The molecule has 30 heavy (non-hydrogen) atoms. The zero-order valence-electron chi connectivity index (χ0n) is 19.8. The van der Waals surface area contributed by atoms with Crippen LogP contribution in [0.2, 0.25) is 0 Å². The summed E-state index contributed by atoms with van der Waals surface area (Å²) in [6, 6.07) is 0. The van der Waals surface area contributed by atoms with Crippen LogP contribution in [0.15, 0.2) is 0 Å². The molecular weight excluding hydrogens is 380 g/mol. The quantitative estimate of drug-likeness (QED) is 0.474. The topological polar surface area (TPSA) is 90.2 Å². The van der Waals surface area contributed by atoms with Crippen LogP contribution in [-0.2, 0) is 4.74 Å². The highest BCUT2D eigenvalue weighted by molar-refractivity contribution is 5.00. The summed E-state index contributed by atoms with van der Waals surface area (Å²) in [6.07, 6.45) is 6.81. The van der Waals surface area contributed by atoms with E-state index in [0.717, 1.165) is 29.6 Å². The van der Waals surface area contributed by atoms with E-state index in [1.807, 2.05) is 0 Å². The monoisotopic (exact) mass is 426 g/mol. The average molecular weight is 427 g/mol. The second kappa shape index (κ2) is 9.35. The molecule has 0 spiro atoms. The maximum atomic E-state index is 8.88. The summed E-state index contributed by atoms with van der Waals surface area (Å²) < 4.78 is 4.47. The first kappa shape index (κ1) is 24.4. The average Bonchev–Trinajstić information content (AvgIpc) is 2.67. The van der Waals surface area contributed by atoms with E-state index in [4.69, 9.17) is 20.4 Å². The van der Waals surface area contributed by atoms with Gasteiger partial charge < -0.3 is 25.2 Å². The highest BCUT2D eigenvalue weighted by atomic mass is 16.6. The molecule has 1 unspecified atom stereocenters. The molecule has 4 aliphatic rings. The Morgan fingerprint density at radius 2 is 1.43 bits per heavy atom. The molecule has 3 aliphatic carbocycles. The van der Waals surface area contributed by atoms with Gasteiger partial charge in [-0.25, -0.2) is 0 Å². The van der Waals surface area contributed by atoms with E-state index in [0.29, 0.717) is 10.8 Å². The Labute approximate surface area is 183 Å². The molecule has 5 heteroatoms. The van der Waals surface area contributed by atoms with Crippen LogP contribution in [-0.4, -0.2) is 51.6 Å². The number of fused-ring (bicyclic) bond motifs is 3. The van der Waals surface area contributed by atoms with E-state index >= 15 is 0 Å². The Balaban J connectivity index is 0.000000216. The lowest BCUT2D eigenvalue weighted by Crippen LogP contribution is -2.52. The maximum Gasteiger partial charge on any atom is 0.183 e. The van der Waals surface area contributed by atoms with Crippen molar-refractivity contribution in [2.75, 3.05) is 6.61 Å². The van der Waals surface area contributed by atoms with E-state index in [-0.39, 0.29) is 6.61 Å². The van der Waals surface area contributed by atoms with Crippen molar-refractivity contribution in [2.45, 2.75) is 111 Å². The number of aliphatic hydroxyl groups is 4. The third-order valence-electron chi connectivity index (χ3n) is 9.69. The molecule has 4 N–H and O–H groups in total. The van der Waals surface area contributed by atoms with Crippen LogP contribution in [0.4, 0.5) is 0 Å². The molecule has 1 heterocycles. The van der Waals surface area contributed by atoms with Crippen LogP contribution in [0, 0.1) is 40.4 Å². The molecule has 0 amide bonds. The van der Waals surface area contributed by atoms with Crippen LogP contribution in [0.25, 0.3) is 0 Å². The van der Waals surface area contributed by atoms with Gasteiger partial charge in [0.2, 0.25) is 0 Å². The Kier molecular flexibility index (Phi) is 7.61. The van der Waals surface area contributed by atoms with E-state index in [9.17, 15) is 0 Å². The van der Waals surface area contributed by atoms with Crippen molar-refractivity contribution in [3.63, 3.8) is 0 Å². The van der Waals surface area contributed by atoms with Crippen LogP contribution >= 0.6 is 0 Å². The summed E-state index contributed by atoms with van der Waals surface area (Å²) in [7, 11) is 0. The van der Waals surface area contributed by atoms with Gasteiger partial charge in [0.15, 0.2) is 6.29 Å². The van der Waals surface area contributed by atoms with Gasteiger partial charge in [0, 0.05) is 0 Å². The molecule has 176 valence electrons. The largest absolute Gasteiger partial charge is 0.388 e. The van der Waals surface area contributed by atoms with Crippen molar-refractivity contribution in [1.82, 2.24) is 0 Å². The highest BCUT2D eigenvalue weighted by Crippen LogP contribution is 2.60. The summed E-state index contributed by atoms with van der Waals surface area (Å²) >= 11 is 0. The van der Waals surface area contributed by atoms with Crippen LogP contribution < -0.4 is 0 Å². The molecule has 1 saturated heterocycles. The Hall–Kier alpha value is -0.200. The lowest BCUT2D eigenvalue weighted by atomic mass is 9.48. The number of ether oxygens (including phenoxy) is 1. The maximum absolute atomic E-state index is 8.88. The SMILES string of the molecule is C[C@@H]1CCC[C@@]2(C)CC[C@H]3[C@H](C)CC[C@@H](C[C@H]12)C3(C)C.OC1OC[C@@H](O)[C@H](O)[C@H]1O. The second-order valence-corrected chi connectivity index (χ2v) is 11.9. The third-order valence-corrected chi connectivity index (χ3v) is 9.69. The normalized spacial score (nSPS) is 50.9. The fourth-order valence-corrected chi connectivity index (χ4v) is 7.46. The van der Waals surface area contributed by atoms with Gasteiger partial charge in [-0.15, -0.1) is 0 Å². The van der Waals surface area contributed by atoms with Crippen molar-refractivity contribution >= 4 is 0 Å². The van der Waals surface area contributed by atoms with Gasteiger partial charge in [0.25, 0.3) is 0 Å². The molecule has 5 nitrogen and oxygen atoms in total. The number of rotatable bonds is 0. The van der Waals surface area contributed by atoms with E-state index in [1.165, 1.54) is 51.4 Å². The van der Waals surface area contributed by atoms with Gasteiger partial charge >= 0.3 is 0 Å². The highest BCUT2D eigenvalue weighted by Gasteiger charge is 2.50. The van der Waals surface area contributed by atoms with Crippen LogP contribution in [0.3, 0.4) is 0 Å². The summed E-state index contributed by atoms with van der Waals surface area (Å²) in [5.41, 5.74) is 1.26.